The van der Waals surface area contributed by atoms with Crippen LogP contribution >= 0.6 is 15.9 Å². The van der Waals surface area contributed by atoms with Crippen LogP contribution in [0.25, 0.3) is 0 Å². The number of nitrogens with one attached hydrogen (secondary N) is 1. The van der Waals surface area contributed by atoms with Crippen molar-refractivity contribution in [1.29, 1.82) is 5.41 Å². The third kappa shape index (κ3) is 2.90. The molecule has 3 N–H and O–H groups in total. The Morgan fingerprint density at radius 3 is 2.50 bits per heavy atom. The Morgan fingerprint density at radius 1 is 1.11 bits per heavy atom. The second kappa shape index (κ2) is 5.69. The van der Waals surface area contributed by atoms with E-state index in [1.807, 2.05) is 48.5 Å². The SMILES string of the molecule is N=C(N)c1c(Br)cccc1OCc1ccccc1. The summed E-state index contributed by atoms with van der Waals surface area (Å²) < 4.78 is 6.48. The summed E-state index contributed by atoms with van der Waals surface area (Å²) in [5.74, 6) is 0.603. The highest BCUT2D eigenvalue weighted by Crippen LogP contribution is 2.26. The first kappa shape index (κ1) is 12.6. The molecule has 4 heteroatoms. The minimum Gasteiger partial charge on any atom is -0.488 e. The van der Waals surface area contributed by atoms with Gasteiger partial charge in [0.25, 0.3) is 0 Å². The molecule has 0 heterocycles. The van der Waals surface area contributed by atoms with Crippen LogP contribution in [-0.2, 0) is 6.61 Å². The van der Waals surface area contributed by atoms with Gasteiger partial charge in [-0.3, -0.25) is 5.41 Å². The summed E-state index contributed by atoms with van der Waals surface area (Å²) in [6, 6.07) is 15.4. The third-order valence-corrected chi connectivity index (χ3v) is 3.14. The molecule has 92 valence electrons. The molecule has 0 saturated carbocycles. The fourth-order valence-corrected chi connectivity index (χ4v) is 2.18. The zero-order chi connectivity index (χ0) is 13.0. The molecule has 0 aliphatic carbocycles. The molecule has 0 amide bonds. The molecule has 2 aromatic carbocycles. The van der Waals surface area contributed by atoms with Gasteiger partial charge in [-0.25, -0.2) is 0 Å². The lowest BCUT2D eigenvalue weighted by Crippen LogP contribution is -2.14. The summed E-state index contributed by atoms with van der Waals surface area (Å²) in [5, 5.41) is 7.57. The minimum atomic E-state index is -0.00876. The average molecular weight is 305 g/mol. The Hall–Kier alpha value is -1.81. The summed E-state index contributed by atoms with van der Waals surface area (Å²) >= 11 is 3.37. The third-order valence-electron chi connectivity index (χ3n) is 2.48. The molecule has 0 spiro atoms. The van der Waals surface area contributed by atoms with Gasteiger partial charge in [0.15, 0.2) is 0 Å². The van der Waals surface area contributed by atoms with Crippen molar-refractivity contribution in [2.75, 3.05) is 0 Å². The van der Waals surface area contributed by atoms with Gasteiger partial charge in [-0.15, -0.1) is 0 Å². The van der Waals surface area contributed by atoms with E-state index in [2.05, 4.69) is 15.9 Å². The topological polar surface area (TPSA) is 59.1 Å². The molecule has 3 nitrogen and oxygen atoms in total. The van der Waals surface area contributed by atoms with Crippen molar-refractivity contribution in [1.82, 2.24) is 0 Å². The van der Waals surface area contributed by atoms with Crippen molar-refractivity contribution in [3.63, 3.8) is 0 Å². The van der Waals surface area contributed by atoms with E-state index in [0.717, 1.165) is 10.0 Å². The normalized spacial score (nSPS) is 10.1. The van der Waals surface area contributed by atoms with Crippen LogP contribution in [0.4, 0.5) is 0 Å². The smallest absolute Gasteiger partial charge is 0.131 e. The maximum Gasteiger partial charge on any atom is 0.131 e. The minimum absolute atomic E-state index is 0.00876. The van der Waals surface area contributed by atoms with Gasteiger partial charge in [-0.05, 0) is 33.6 Å². The van der Waals surface area contributed by atoms with Crippen LogP contribution in [0, 0.1) is 5.41 Å². The number of ether oxygens (including phenoxy) is 1. The van der Waals surface area contributed by atoms with Gasteiger partial charge in [-0.2, -0.15) is 0 Å². The lowest BCUT2D eigenvalue weighted by Gasteiger charge is -2.12. The fourth-order valence-electron chi connectivity index (χ4n) is 1.62. The van der Waals surface area contributed by atoms with Gasteiger partial charge in [0.05, 0.1) is 5.56 Å². The van der Waals surface area contributed by atoms with Crippen molar-refractivity contribution in [2.45, 2.75) is 6.61 Å². The van der Waals surface area contributed by atoms with Crippen LogP contribution in [0.15, 0.2) is 53.0 Å². The number of hydrogen-bond donors (Lipinski definition) is 2. The van der Waals surface area contributed by atoms with Crippen LogP contribution in [0.2, 0.25) is 0 Å². The Morgan fingerprint density at radius 2 is 1.83 bits per heavy atom. The summed E-state index contributed by atoms with van der Waals surface area (Å²) in [5.41, 5.74) is 7.22. The molecule has 0 aliphatic heterocycles. The Kier molecular flexibility index (Phi) is 3.99. The molecular formula is C14H13BrN2O. The van der Waals surface area contributed by atoms with Gasteiger partial charge in [-0.1, -0.05) is 36.4 Å². The van der Waals surface area contributed by atoms with Crippen LogP contribution in [0.5, 0.6) is 5.75 Å². The van der Waals surface area contributed by atoms with Gasteiger partial charge >= 0.3 is 0 Å². The molecule has 0 unspecified atom stereocenters. The van der Waals surface area contributed by atoms with Crippen LogP contribution in [-0.4, -0.2) is 5.84 Å². The maximum atomic E-state index is 7.57. The Labute approximate surface area is 114 Å². The molecule has 2 rings (SSSR count). The molecule has 0 bridgehead atoms. The number of halogens is 1. The van der Waals surface area contributed by atoms with E-state index in [1.54, 1.807) is 0 Å². The molecule has 0 fully saturated rings. The lowest BCUT2D eigenvalue weighted by atomic mass is 10.2. The highest BCUT2D eigenvalue weighted by atomic mass is 79.9. The first-order chi connectivity index (χ1) is 8.68. The Bertz CT molecular complexity index is 555. The molecule has 0 aromatic heterocycles. The van der Waals surface area contributed by atoms with Crippen molar-refractivity contribution in [3.05, 3.63) is 64.1 Å². The first-order valence-corrected chi connectivity index (χ1v) is 6.27. The zero-order valence-electron chi connectivity index (χ0n) is 9.69. The Balaban J connectivity index is 2.20. The van der Waals surface area contributed by atoms with Crippen LogP contribution in [0.1, 0.15) is 11.1 Å². The number of hydrogen-bond acceptors (Lipinski definition) is 2. The van der Waals surface area contributed by atoms with Crippen molar-refractivity contribution in [3.8, 4) is 5.75 Å². The number of benzene rings is 2. The van der Waals surface area contributed by atoms with E-state index in [0.29, 0.717) is 17.9 Å². The maximum absolute atomic E-state index is 7.57. The van der Waals surface area contributed by atoms with Crippen molar-refractivity contribution < 1.29 is 4.74 Å². The number of nitrogens with two attached hydrogens (primary N) is 1. The highest BCUT2D eigenvalue weighted by molar-refractivity contribution is 9.10. The number of amidine groups is 1. The van der Waals surface area contributed by atoms with Gasteiger partial charge in [0.2, 0.25) is 0 Å². The zero-order valence-corrected chi connectivity index (χ0v) is 11.3. The van der Waals surface area contributed by atoms with E-state index >= 15 is 0 Å². The largest absolute Gasteiger partial charge is 0.488 e. The number of rotatable bonds is 4. The predicted molar refractivity (Wildman–Crippen MR) is 75.9 cm³/mol. The standard InChI is InChI=1S/C14H13BrN2O/c15-11-7-4-8-12(13(11)14(16)17)18-9-10-5-2-1-3-6-10/h1-8H,9H2,(H3,16,17). The van der Waals surface area contributed by atoms with Gasteiger partial charge in [0.1, 0.15) is 18.2 Å². The highest BCUT2D eigenvalue weighted by Gasteiger charge is 2.10. The molecule has 0 saturated heterocycles. The molecule has 2 aromatic rings. The first-order valence-electron chi connectivity index (χ1n) is 5.48. The van der Waals surface area contributed by atoms with E-state index in [4.69, 9.17) is 15.9 Å². The molecule has 18 heavy (non-hydrogen) atoms. The second-order valence-electron chi connectivity index (χ2n) is 3.80. The van der Waals surface area contributed by atoms with E-state index in [-0.39, 0.29) is 5.84 Å². The monoisotopic (exact) mass is 304 g/mol. The predicted octanol–water partition coefficient (Wildman–Crippen LogP) is 3.31. The quantitative estimate of drug-likeness (QED) is 0.672. The second-order valence-corrected chi connectivity index (χ2v) is 4.66. The average Bonchev–Trinajstić information content (AvgIpc) is 2.37. The van der Waals surface area contributed by atoms with Crippen LogP contribution in [0.3, 0.4) is 0 Å². The van der Waals surface area contributed by atoms with Gasteiger partial charge < -0.3 is 10.5 Å². The molecule has 0 radical (unpaired) electrons. The summed E-state index contributed by atoms with van der Waals surface area (Å²) in [4.78, 5) is 0. The summed E-state index contributed by atoms with van der Waals surface area (Å²) in [6.45, 7) is 0.456. The summed E-state index contributed by atoms with van der Waals surface area (Å²) in [6.07, 6.45) is 0. The van der Waals surface area contributed by atoms with E-state index in [9.17, 15) is 0 Å². The summed E-state index contributed by atoms with van der Waals surface area (Å²) in [7, 11) is 0. The fraction of sp³-hybridized carbons (Fsp3) is 0.0714. The molecular weight excluding hydrogens is 292 g/mol. The lowest BCUT2D eigenvalue weighted by molar-refractivity contribution is 0.305. The van der Waals surface area contributed by atoms with Crippen molar-refractivity contribution in [2.24, 2.45) is 5.73 Å². The van der Waals surface area contributed by atoms with E-state index in [1.165, 1.54) is 0 Å². The number of nitrogen functional groups attached to an aromatic ring is 1. The van der Waals surface area contributed by atoms with Crippen molar-refractivity contribution >= 4 is 21.8 Å². The molecule has 0 aliphatic rings. The van der Waals surface area contributed by atoms with E-state index < -0.39 is 0 Å². The van der Waals surface area contributed by atoms with Crippen LogP contribution < -0.4 is 10.5 Å². The molecule has 0 atom stereocenters. The van der Waals surface area contributed by atoms with Gasteiger partial charge in [0, 0.05) is 4.47 Å².